The lowest BCUT2D eigenvalue weighted by Crippen LogP contribution is -2.48. The van der Waals surface area contributed by atoms with Gasteiger partial charge in [0.1, 0.15) is 6.04 Å². The first-order valence-electron chi connectivity index (χ1n) is 9.38. The molecule has 6 nitrogen and oxygen atoms in total. The van der Waals surface area contributed by atoms with Gasteiger partial charge in [0, 0.05) is 23.4 Å². The Kier molecular flexibility index (Phi) is 5.78. The van der Waals surface area contributed by atoms with Gasteiger partial charge in [0.15, 0.2) is 0 Å². The van der Waals surface area contributed by atoms with Gasteiger partial charge in [-0.1, -0.05) is 23.3 Å². The number of aryl methyl sites for hydroxylation is 2. The number of carbonyl (C=O) groups is 3. The highest BCUT2D eigenvalue weighted by Gasteiger charge is 2.32. The molecule has 0 radical (unpaired) electrons. The number of aliphatic carboxylic acids is 1. The van der Waals surface area contributed by atoms with Crippen molar-refractivity contribution in [1.82, 2.24) is 4.90 Å². The van der Waals surface area contributed by atoms with Gasteiger partial charge < -0.3 is 15.3 Å². The van der Waals surface area contributed by atoms with Crippen molar-refractivity contribution < 1.29 is 19.5 Å². The number of amides is 2. The SMILES string of the molecule is Cc1cc(C)cc(C(=O)Nc2cccc(C(=O)N3CCCCC3C(=O)O)c2)c1. The van der Waals surface area contributed by atoms with Crippen molar-refractivity contribution >= 4 is 23.5 Å². The summed E-state index contributed by atoms with van der Waals surface area (Å²) in [6.07, 6.45) is 2.05. The molecule has 1 aliphatic rings. The Balaban J connectivity index is 1.79. The summed E-state index contributed by atoms with van der Waals surface area (Å²) in [6, 6.07) is 11.4. The van der Waals surface area contributed by atoms with Gasteiger partial charge in [0.25, 0.3) is 11.8 Å². The first kappa shape index (κ1) is 19.6. The molecule has 0 saturated carbocycles. The summed E-state index contributed by atoms with van der Waals surface area (Å²) >= 11 is 0. The fourth-order valence-electron chi connectivity index (χ4n) is 3.64. The van der Waals surface area contributed by atoms with Gasteiger partial charge >= 0.3 is 5.97 Å². The van der Waals surface area contributed by atoms with E-state index in [4.69, 9.17) is 0 Å². The van der Waals surface area contributed by atoms with E-state index in [0.717, 1.165) is 24.0 Å². The van der Waals surface area contributed by atoms with Crippen molar-refractivity contribution in [3.8, 4) is 0 Å². The van der Waals surface area contributed by atoms with Gasteiger partial charge in [-0.3, -0.25) is 9.59 Å². The number of carboxylic acids is 1. The summed E-state index contributed by atoms with van der Waals surface area (Å²) in [7, 11) is 0. The Morgan fingerprint density at radius 3 is 2.39 bits per heavy atom. The summed E-state index contributed by atoms with van der Waals surface area (Å²) < 4.78 is 0. The van der Waals surface area contributed by atoms with E-state index in [0.29, 0.717) is 29.8 Å². The molecule has 2 aromatic rings. The maximum absolute atomic E-state index is 12.9. The average Bonchev–Trinajstić information content (AvgIpc) is 2.66. The van der Waals surface area contributed by atoms with E-state index in [2.05, 4.69) is 5.32 Å². The monoisotopic (exact) mass is 380 g/mol. The first-order chi connectivity index (χ1) is 13.3. The van der Waals surface area contributed by atoms with Crippen LogP contribution in [0.25, 0.3) is 0 Å². The van der Waals surface area contributed by atoms with Crippen molar-refractivity contribution in [1.29, 1.82) is 0 Å². The number of carboxylic acid groups (broad SMARTS) is 1. The minimum Gasteiger partial charge on any atom is -0.480 e. The van der Waals surface area contributed by atoms with Crippen LogP contribution in [0.15, 0.2) is 42.5 Å². The number of nitrogens with one attached hydrogen (secondary N) is 1. The molecule has 2 amide bonds. The lowest BCUT2D eigenvalue weighted by Gasteiger charge is -2.33. The minimum absolute atomic E-state index is 0.252. The molecule has 6 heteroatoms. The second kappa shape index (κ2) is 8.25. The molecule has 0 aliphatic carbocycles. The fourth-order valence-corrected chi connectivity index (χ4v) is 3.64. The molecular weight excluding hydrogens is 356 g/mol. The Labute approximate surface area is 164 Å². The van der Waals surface area contributed by atoms with Gasteiger partial charge in [-0.05, 0) is 63.4 Å². The van der Waals surface area contributed by atoms with Gasteiger partial charge in [-0.2, -0.15) is 0 Å². The largest absolute Gasteiger partial charge is 0.480 e. The van der Waals surface area contributed by atoms with E-state index < -0.39 is 12.0 Å². The van der Waals surface area contributed by atoms with Crippen LogP contribution < -0.4 is 5.32 Å². The normalized spacial score (nSPS) is 16.5. The van der Waals surface area contributed by atoms with Gasteiger partial charge in [0.2, 0.25) is 0 Å². The molecule has 2 aromatic carbocycles. The summed E-state index contributed by atoms with van der Waals surface area (Å²) in [5, 5.41) is 12.2. The quantitative estimate of drug-likeness (QED) is 0.848. The number of piperidine rings is 1. The van der Waals surface area contributed by atoms with E-state index in [1.54, 1.807) is 24.3 Å². The van der Waals surface area contributed by atoms with Gasteiger partial charge in [0.05, 0.1) is 0 Å². The Hall–Kier alpha value is -3.15. The zero-order valence-corrected chi connectivity index (χ0v) is 16.1. The van der Waals surface area contributed by atoms with Crippen LogP contribution in [-0.4, -0.2) is 40.4 Å². The lowest BCUT2D eigenvalue weighted by molar-refractivity contribution is -0.143. The number of rotatable bonds is 4. The molecule has 1 saturated heterocycles. The van der Waals surface area contributed by atoms with E-state index in [-0.39, 0.29) is 11.8 Å². The number of likely N-dealkylation sites (tertiary alicyclic amines) is 1. The van der Waals surface area contributed by atoms with Crippen LogP contribution >= 0.6 is 0 Å². The molecule has 0 aromatic heterocycles. The van der Waals surface area contributed by atoms with Crippen molar-refractivity contribution in [2.45, 2.75) is 39.2 Å². The highest BCUT2D eigenvalue weighted by atomic mass is 16.4. The molecule has 0 bridgehead atoms. The zero-order chi connectivity index (χ0) is 20.3. The summed E-state index contributed by atoms with van der Waals surface area (Å²) in [6.45, 7) is 4.29. The van der Waals surface area contributed by atoms with Crippen molar-refractivity contribution in [2.75, 3.05) is 11.9 Å². The second-order valence-electron chi connectivity index (χ2n) is 7.26. The van der Waals surface area contributed by atoms with Crippen LogP contribution in [0.3, 0.4) is 0 Å². The van der Waals surface area contributed by atoms with E-state index in [9.17, 15) is 19.5 Å². The van der Waals surface area contributed by atoms with Crippen LogP contribution in [0.2, 0.25) is 0 Å². The summed E-state index contributed by atoms with van der Waals surface area (Å²) in [5.41, 5.74) is 3.42. The van der Waals surface area contributed by atoms with Crippen LogP contribution in [-0.2, 0) is 4.79 Å². The number of anilines is 1. The molecule has 1 aliphatic heterocycles. The molecule has 0 spiro atoms. The molecular formula is C22H24N2O4. The molecule has 146 valence electrons. The number of hydrogen-bond acceptors (Lipinski definition) is 3. The Morgan fingerprint density at radius 2 is 1.71 bits per heavy atom. The van der Waals surface area contributed by atoms with Crippen LogP contribution in [0.1, 0.15) is 51.1 Å². The molecule has 3 rings (SSSR count). The number of hydrogen-bond donors (Lipinski definition) is 2. The zero-order valence-electron chi connectivity index (χ0n) is 16.1. The van der Waals surface area contributed by atoms with E-state index in [1.165, 1.54) is 4.90 Å². The van der Waals surface area contributed by atoms with Gasteiger partial charge in [-0.25, -0.2) is 4.79 Å². The molecule has 2 N–H and O–H groups in total. The number of nitrogens with zero attached hydrogens (tertiary/aromatic N) is 1. The summed E-state index contributed by atoms with van der Waals surface area (Å²) in [4.78, 5) is 38.3. The van der Waals surface area contributed by atoms with Crippen molar-refractivity contribution in [3.63, 3.8) is 0 Å². The van der Waals surface area contributed by atoms with Crippen LogP contribution in [0.4, 0.5) is 5.69 Å². The van der Waals surface area contributed by atoms with E-state index in [1.807, 2.05) is 32.0 Å². The maximum Gasteiger partial charge on any atom is 0.326 e. The smallest absolute Gasteiger partial charge is 0.326 e. The van der Waals surface area contributed by atoms with Crippen LogP contribution in [0, 0.1) is 13.8 Å². The average molecular weight is 380 g/mol. The van der Waals surface area contributed by atoms with Crippen molar-refractivity contribution in [2.24, 2.45) is 0 Å². The third-order valence-corrected chi connectivity index (χ3v) is 4.90. The molecule has 28 heavy (non-hydrogen) atoms. The Morgan fingerprint density at radius 1 is 1.00 bits per heavy atom. The maximum atomic E-state index is 12.9. The van der Waals surface area contributed by atoms with E-state index >= 15 is 0 Å². The molecule has 1 fully saturated rings. The molecule has 1 atom stereocenters. The standard InChI is InChI=1S/C22H24N2O4/c1-14-10-15(2)12-17(11-14)20(25)23-18-7-5-6-16(13-18)21(26)24-9-4-3-8-19(24)22(27)28/h5-7,10-13,19H,3-4,8-9H2,1-2H3,(H,23,25)(H,27,28). The van der Waals surface area contributed by atoms with Gasteiger partial charge in [-0.15, -0.1) is 0 Å². The predicted molar refractivity (Wildman–Crippen MR) is 107 cm³/mol. The number of carbonyl (C=O) groups excluding carboxylic acids is 2. The minimum atomic E-state index is -0.979. The lowest BCUT2D eigenvalue weighted by atomic mass is 10.0. The second-order valence-corrected chi connectivity index (χ2v) is 7.26. The molecule has 1 heterocycles. The predicted octanol–water partition coefficient (Wildman–Crippen LogP) is 3.64. The van der Waals surface area contributed by atoms with Crippen LogP contribution in [0.5, 0.6) is 0 Å². The fraction of sp³-hybridized carbons (Fsp3) is 0.318. The third kappa shape index (κ3) is 4.39. The Bertz CT molecular complexity index is 902. The first-order valence-corrected chi connectivity index (χ1v) is 9.38. The topological polar surface area (TPSA) is 86.7 Å². The summed E-state index contributed by atoms with van der Waals surface area (Å²) in [5.74, 6) is -1.56. The highest BCUT2D eigenvalue weighted by molar-refractivity contribution is 6.05. The number of benzene rings is 2. The highest BCUT2D eigenvalue weighted by Crippen LogP contribution is 2.22. The van der Waals surface area contributed by atoms with Crippen molar-refractivity contribution in [3.05, 3.63) is 64.7 Å². The molecule has 1 unspecified atom stereocenters. The third-order valence-electron chi connectivity index (χ3n) is 4.90.